The number of nitrogens with zero attached hydrogens (tertiary/aromatic N) is 1. The highest BCUT2D eigenvalue weighted by Crippen LogP contribution is 2.33. The summed E-state index contributed by atoms with van der Waals surface area (Å²) in [6, 6.07) is 0.894. The van der Waals surface area contributed by atoms with Crippen LogP contribution >= 0.6 is 0 Å². The van der Waals surface area contributed by atoms with Crippen LogP contribution in [0.5, 0.6) is 0 Å². The Hall–Kier alpha value is -0.0800. The van der Waals surface area contributed by atoms with Gasteiger partial charge in [0.05, 0.1) is 0 Å². The molecule has 0 spiro atoms. The highest BCUT2D eigenvalue weighted by atomic mass is 15.2. The molecule has 0 amide bonds. The lowest BCUT2D eigenvalue weighted by Gasteiger charge is -2.42. The zero-order valence-electron chi connectivity index (χ0n) is 14.2. The third-order valence-electron chi connectivity index (χ3n) is 5.72. The topological polar surface area (TPSA) is 15.3 Å². The summed E-state index contributed by atoms with van der Waals surface area (Å²) in [4.78, 5) is 2.81. The van der Waals surface area contributed by atoms with E-state index in [1.54, 1.807) is 0 Å². The van der Waals surface area contributed by atoms with Gasteiger partial charge in [0.25, 0.3) is 0 Å². The predicted octanol–water partition coefficient (Wildman–Crippen LogP) is 3.77. The van der Waals surface area contributed by atoms with Crippen LogP contribution in [0.2, 0.25) is 0 Å². The molecule has 1 aliphatic carbocycles. The van der Waals surface area contributed by atoms with Crippen molar-refractivity contribution < 1.29 is 0 Å². The van der Waals surface area contributed by atoms with Crippen LogP contribution in [0.3, 0.4) is 0 Å². The molecule has 3 atom stereocenters. The first-order valence-corrected chi connectivity index (χ1v) is 9.01. The fraction of sp³-hybridized carbons (Fsp3) is 1.00. The van der Waals surface area contributed by atoms with Gasteiger partial charge >= 0.3 is 0 Å². The van der Waals surface area contributed by atoms with Gasteiger partial charge in [-0.2, -0.15) is 0 Å². The number of hydrogen-bond acceptors (Lipinski definition) is 2. The van der Waals surface area contributed by atoms with Gasteiger partial charge in [0.2, 0.25) is 0 Å². The van der Waals surface area contributed by atoms with E-state index < -0.39 is 0 Å². The average molecular weight is 280 g/mol. The minimum atomic E-state index is 0.779. The smallest absolute Gasteiger partial charge is 0.00979 e. The standard InChI is InChI=1S/C18H36N2/c1-14(2)12-19-13-17-7-9-20(10-8-17)18-6-5-15(3)16(4)11-18/h14-19H,5-13H2,1-4H3. The zero-order chi connectivity index (χ0) is 14.5. The lowest BCUT2D eigenvalue weighted by atomic mass is 9.78. The molecule has 0 aromatic rings. The molecular formula is C18H36N2. The molecule has 0 bridgehead atoms. The second-order valence-corrected chi connectivity index (χ2v) is 7.95. The third kappa shape index (κ3) is 4.73. The van der Waals surface area contributed by atoms with Crippen molar-refractivity contribution in [1.29, 1.82) is 0 Å². The van der Waals surface area contributed by atoms with Crippen LogP contribution in [0, 0.1) is 23.7 Å². The lowest BCUT2D eigenvalue weighted by Crippen LogP contribution is -2.45. The Morgan fingerprint density at radius 2 is 1.70 bits per heavy atom. The number of nitrogens with one attached hydrogen (secondary N) is 1. The van der Waals surface area contributed by atoms with E-state index in [4.69, 9.17) is 0 Å². The van der Waals surface area contributed by atoms with Crippen molar-refractivity contribution in [2.24, 2.45) is 23.7 Å². The molecule has 2 rings (SSSR count). The molecule has 0 radical (unpaired) electrons. The molecule has 3 unspecified atom stereocenters. The van der Waals surface area contributed by atoms with E-state index in [1.165, 1.54) is 58.3 Å². The molecule has 2 aliphatic rings. The summed E-state index contributed by atoms with van der Waals surface area (Å²) in [5.41, 5.74) is 0. The highest BCUT2D eigenvalue weighted by molar-refractivity contribution is 4.85. The normalized spacial score (nSPS) is 33.8. The van der Waals surface area contributed by atoms with E-state index in [1.807, 2.05) is 0 Å². The molecule has 1 N–H and O–H groups in total. The van der Waals surface area contributed by atoms with Crippen LogP contribution in [0.25, 0.3) is 0 Å². The summed E-state index contributed by atoms with van der Waals surface area (Å²) in [5.74, 6) is 3.58. The van der Waals surface area contributed by atoms with Gasteiger partial charge in [-0.1, -0.05) is 27.7 Å². The first kappa shape index (κ1) is 16.3. The van der Waals surface area contributed by atoms with Gasteiger partial charge in [-0.3, -0.25) is 0 Å². The quantitative estimate of drug-likeness (QED) is 0.824. The molecule has 1 heterocycles. The second-order valence-electron chi connectivity index (χ2n) is 7.95. The Bertz CT molecular complexity index is 269. The predicted molar refractivity (Wildman–Crippen MR) is 88.0 cm³/mol. The largest absolute Gasteiger partial charge is 0.316 e. The Kier molecular flexibility index (Phi) is 6.35. The van der Waals surface area contributed by atoms with Crippen LogP contribution in [-0.2, 0) is 0 Å². The maximum Gasteiger partial charge on any atom is 0.00979 e. The van der Waals surface area contributed by atoms with Crippen LogP contribution in [-0.4, -0.2) is 37.1 Å². The first-order chi connectivity index (χ1) is 9.56. The van der Waals surface area contributed by atoms with Gasteiger partial charge in [-0.05, 0) is 82.0 Å². The van der Waals surface area contributed by atoms with Crippen molar-refractivity contribution >= 4 is 0 Å². The van der Waals surface area contributed by atoms with Gasteiger partial charge < -0.3 is 10.2 Å². The number of likely N-dealkylation sites (tertiary alicyclic amines) is 1. The molecule has 2 heteroatoms. The summed E-state index contributed by atoms with van der Waals surface area (Å²) >= 11 is 0. The van der Waals surface area contributed by atoms with Crippen LogP contribution < -0.4 is 5.32 Å². The van der Waals surface area contributed by atoms with Crippen LogP contribution in [0.4, 0.5) is 0 Å². The molecule has 118 valence electrons. The maximum absolute atomic E-state index is 3.64. The van der Waals surface area contributed by atoms with Crippen molar-refractivity contribution in [3.05, 3.63) is 0 Å². The third-order valence-corrected chi connectivity index (χ3v) is 5.72. The lowest BCUT2D eigenvalue weighted by molar-refractivity contribution is 0.0757. The molecule has 1 aliphatic heterocycles. The summed E-state index contributed by atoms with van der Waals surface area (Å²) in [6.45, 7) is 14.6. The summed E-state index contributed by atoms with van der Waals surface area (Å²) in [6.07, 6.45) is 7.15. The molecule has 0 aromatic heterocycles. The van der Waals surface area contributed by atoms with Crippen molar-refractivity contribution in [1.82, 2.24) is 10.2 Å². The molecule has 1 saturated heterocycles. The van der Waals surface area contributed by atoms with E-state index in [2.05, 4.69) is 37.9 Å². The summed E-state index contributed by atoms with van der Waals surface area (Å²) < 4.78 is 0. The summed E-state index contributed by atoms with van der Waals surface area (Å²) in [7, 11) is 0. The van der Waals surface area contributed by atoms with Crippen LogP contribution in [0.1, 0.15) is 59.8 Å². The molecule has 1 saturated carbocycles. The average Bonchev–Trinajstić information content (AvgIpc) is 2.42. The number of rotatable bonds is 5. The van der Waals surface area contributed by atoms with E-state index in [0.29, 0.717) is 0 Å². The zero-order valence-corrected chi connectivity index (χ0v) is 14.2. The first-order valence-electron chi connectivity index (χ1n) is 9.01. The van der Waals surface area contributed by atoms with E-state index in [9.17, 15) is 0 Å². The maximum atomic E-state index is 3.64. The van der Waals surface area contributed by atoms with Crippen LogP contribution in [0.15, 0.2) is 0 Å². The van der Waals surface area contributed by atoms with E-state index in [0.717, 1.165) is 29.7 Å². The Labute approximate surface area is 126 Å². The minimum Gasteiger partial charge on any atom is -0.316 e. The Morgan fingerprint density at radius 1 is 1.00 bits per heavy atom. The Balaban J connectivity index is 1.66. The minimum absolute atomic E-state index is 0.779. The fourth-order valence-corrected chi connectivity index (χ4v) is 3.95. The van der Waals surface area contributed by atoms with E-state index in [-0.39, 0.29) is 0 Å². The van der Waals surface area contributed by atoms with Gasteiger partial charge in [0, 0.05) is 6.04 Å². The fourth-order valence-electron chi connectivity index (χ4n) is 3.95. The van der Waals surface area contributed by atoms with Crippen molar-refractivity contribution in [2.45, 2.75) is 65.8 Å². The monoisotopic (exact) mass is 280 g/mol. The van der Waals surface area contributed by atoms with Gasteiger partial charge in [0.1, 0.15) is 0 Å². The SMILES string of the molecule is CC(C)CNCC1CCN(C2CCC(C)C(C)C2)CC1. The van der Waals surface area contributed by atoms with Gasteiger partial charge in [-0.25, -0.2) is 0 Å². The molecule has 20 heavy (non-hydrogen) atoms. The molecular weight excluding hydrogens is 244 g/mol. The number of piperidine rings is 1. The second kappa shape index (κ2) is 7.79. The van der Waals surface area contributed by atoms with Gasteiger partial charge in [0.15, 0.2) is 0 Å². The molecule has 2 nitrogen and oxygen atoms in total. The Morgan fingerprint density at radius 3 is 2.30 bits per heavy atom. The van der Waals surface area contributed by atoms with Crippen molar-refractivity contribution in [2.75, 3.05) is 26.2 Å². The van der Waals surface area contributed by atoms with Crippen molar-refractivity contribution in [3.63, 3.8) is 0 Å². The van der Waals surface area contributed by atoms with Gasteiger partial charge in [-0.15, -0.1) is 0 Å². The highest BCUT2D eigenvalue weighted by Gasteiger charge is 2.30. The van der Waals surface area contributed by atoms with E-state index >= 15 is 0 Å². The summed E-state index contributed by atoms with van der Waals surface area (Å²) in [5, 5.41) is 3.64. The molecule has 0 aromatic carbocycles. The van der Waals surface area contributed by atoms with Crippen molar-refractivity contribution in [3.8, 4) is 0 Å². The number of hydrogen-bond donors (Lipinski definition) is 1. The molecule has 2 fully saturated rings.